The van der Waals surface area contributed by atoms with E-state index in [9.17, 15) is 19.1 Å². The predicted molar refractivity (Wildman–Crippen MR) is 110 cm³/mol. The molecule has 0 fully saturated rings. The number of carboxylic acid groups (broad SMARTS) is 1. The number of carboxylic acids is 1. The fourth-order valence-corrected chi connectivity index (χ4v) is 3.03. The van der Waals surface area contributed by atoms with E-state index in [0.717, 1.165) is 18.8 Å². The van der Waals surface area contributed by atoms with Gasteiger partial charge >= 0.3 is 5.97 Å². The second kappa shape index (κ2) is 9.35. The number of anilines is 2. The van der Waals surface area contributed by atoms with Crippen LogP contribution in [0.25, 0.3) is 0 Å². The van der Waals surface area contributed by atoms with Crippen molar-refractivity contribution >= 4 is 23.3 Å². The number of aromatic carboxylic acids is 1. The normalized spacial score (nSPS) is 11.0. The van der Waals surface area contributed by atoms with Gasteiger partial charge in [0, 0.05) is 13.1 Å². The fraction of sp³-hybridized carbons (Fsp3) is 0.364. The highest BCUT2D eigenvalue weighted by molar-refractivity contribution is 6.07. The van der Waals surface area contributed by atoms with Crippen LogP contribution in [0.3, 0.4) is 0 Å². The average molecular weight is 386 g/mol. The van der Waals surface area contributed by atoms with Crippen molar-refractivity contribution < 1.29 is 19.1 Å². The predicted octanol–water partition coefficient (Wildman–Crippen LogP) is 4.89. The molecule has 6 heteroatoms. The number of carbonyl (C=O) groups excluding carboxylic acids is 1. The van der Waals surface area contributed by atoms with Crippen molar-refractivity contribution in [3.63, 3.8) is 0 Å². The Morgan fingerprint density at radius 1 is 1.04 bits per heavy atom. The summed E-state index contributed by atoms with van der Waals surface area (Å²) >= 11 is 0. The van der Waals surface area contributed by atoms with Crippen molar-refractivity contribution in [1.82, 2.24) is 0 Å². The molecule has 0 aliphatic carbocycles. The first-order chi connectivity index (χ1) is 13.2. The van der Waals surface area contributed by atoms with Gasteiger partial charge < -0.3 is 15.3 Å². The molecule has 2 aromatic rings. The van der Waals surface area contributed by atoms with Gasteiger partial charge in [-0.25, -0.2) is 9.18 Å². The maximum absolute atomic E-state index is 14.0. The smallest absolute Gasteiger partial charge is 0.335 e. The molecule has 0 aliphatic heterocycles. The van der Waals surface area contributed by atoms with Crippen LogP contribution in [0.2, 0.25) is 0 Å². The van der Waals surface area contributed by atoms with Crippen LogP contribution in [0.4, 0.5) is 15.8 Å². The summed E-state index contributed by atoms with van der Waals surface area (Å²) in [5, 5.41) is 12.0. The van der Waals surface area contributed by atoms with Crippen LogP contribution in [-0.4, -0.2) is 30.1 Å². The second-order valence-electron chi connectivity index (χ2n) is 7.66. The topological polar surface area (TPSA) is 69.6 Å². The van der Waals surface area contributed by atoms with Gasteiger partial charge in [-0.2, -0.15) is 0 Å². The van der Waals surface area contributed by atoms with Crippen molar-refractivity contribution in [3.05, 3.63) is 59.4 Å². The molecule has 2 aromatic carbocycles. The van der Waals surface area contributed by atoms with Gasteiger partial charge in [0.1, 0.15) is 5.82 Å². The van der Waals surface area contributed by atoms with E-state index < -0.39 is 17.7 Å². The first kappa shape index (κ1) is 21.4. The van der Waals surface area contributed by atoms with Crippen molar-refractivity contribution in [3.8, 4) is 0 Å². The fourth-order valence-electron chi connectivity index (χ4n) is 3.03. The first-order valence-corrected chi connectivity index (χ1v) is 9.37. The molecule has 0 radical (unpaired) electrons. The van der Waals surface area contributed by atoms with E-state index >= 15 is 0 Å². The van der Waals surface area contributed by atoms with Gasteiger partial charge in [-0.1, -0.05) is 39.8 Å². The number of benzene rings is 2. The van der Waals surface area contributed by atoms with E-state index in [1.54, 1.807) is 12.1 Å². The minimum atomic E-state index is -1.09. The maximum Gasteiger partial charge on any atom is 0.335 e. The molecule has 0 aliphatic rings. The molecule has 0 spiro atoms. The number of hydrogen-bond acceptors (Lipinski definition) is 3. The van der Waals surface area contributed by atoms with Crippen LogP contribution in [0.1, 0.15) is 48.4 Å². The Morgan fingerprint density at radius 2 is 1.64 bits per heavy atom. The summed E-state index contributed by atoms with van der Waals surface area (Å²) in [5.41, 5.74) is 1.04. The van der Waals surface area contributed by atoms with Crippen molar-refractivity contribution in [2.45, 2.75) is 27.7 Å². The largest absolute Gasteiger partial charge is 0.478 e. The quantitative estimate of drug-likeness (QED) is 0.677. The lowest BCUT2D eigenvalue weighted by molar-refractivity contribution is 0.0696. The van der Waals surface area contributed by atoms with Gasteiger partial charge in [-0.05, 0) is 42.2 Å². The zero-order valence-electron chi connectivity index (χ0n) is 16.7. The van der Waals surface area contributed by atoms with Gasteiger partial charge in [0.05, 0.1) is 22.5 Å². The Morgan fingerprint density at radius 3 is 2.18 bits per heavy atom. The Kier molecular flexibility index (Phi) is 7.15. The first-order valence-electron chi connectivity index (χ1n) is 9.37. The standard InChI is InChI=1S/C22H27FN2O3/c1-14(2)12-25(13-15(3)4)20-10-9-16(22(27)28)11-19(20)24-21(26)17-7-5-6-8-18(17)23/h5-11,14-15H,12-13H2,1-4H3,(H,24,26)(H,27,28). The maximum atomic E-state index is 14.0. The third-order valence-corrected chi connectivity index (χ3v) is 4.12. The summed E-state index contributed by atoms with van der Waals surface area (Å²) in [6.45, 7) is 9.86. The Balaban J connectivity index is 2.46. The highest BCUT2D eigenvalue weighted by Crippen LogP contribution is 2.30. The molecule has 0 heterocycles. The molecule has 0 saturated carbocycles. The highest BCUT2D eigenvalue weighted by Gasteiger charge is 2.19. The number of carbonyl (C=O) groups is 2. The molecule has 0 aromatic heterocycles. The zero-order valence-corrected chi connectivity index (χ0v) is 16.7. The minimum Gasteiger partial charge on any atom is -0.478 e. The van der Waals surface area contributed by atoms with E-state index in [0.29, 0.717) is 17.5 Å². The molecule has 0 atom stereocenters. The second-order valence-corrected chi connectivity index (χ2v) is 7.66. The van der Waals surface area contributed by atoms with Gasteiger partial charge in [0.2, 0.25) is 0 Å². The minimum absolute atomic E-state index is 0.0571. The number of halogens is 1. The van der Waals surface area contributed by atoms with Crippen LogP contribution >= 0.6 is 0 Å². The Labute approximate surface area is 165 Å². The molecule has 5 nitrogen and oxygen atoms in total. The summed E-state index contributed by atoms with van der Waals surface area (Å²) in [7, 11) is 0. The summed E-state index contributed by atoms with van der Waals surface area (Å²) in [6, 6.07) is 10.3. The molecule has 2 N–H and O–H groups in total. The SMILES string of the molecule is CC(C)CN(CC(C)C)c1ccc(C(=O)O)cc1NC(=O)c1ccccc1F. The molecular formula is C22H27FN2O3. The molecule has 0 bridgehead atoms. The highest BCUT2D eigenvalue weighted by atomic mass is 19.1. The van der Waals surface area contributed by atoms with Crippen molar-refractivity contribution in [2.75, 3.05) is 23.3 Å². The van der Waals surface area contributed by atoms with E-state index in [4.69, 9.17) is 0 Å². The molecular weight excluding hydrogens is 359 g/mol. The molecule has 150 valence electrons. The van der Waals surface area contributed by atoms with Gasteiger partial charge in [-0.3, -0.25) is 4.79 Å². The van der Waals surface area contributed by atoms with E-state index in [1.807, 2.05) is 0 Å². The van der Waals surface area contributed by atoms with Crippen LogP contribution in [-0.2, 0) is 0 Å². The summed E-state index contributed by atoms with van der Waals surface area (Å²) in [4.78, 5) is 26.2. The number of rotatable bonds is 8. The van der Waals surface area contributed by atoms with Crippen LogP contribution < -0.4 is 10.2 Å². The van der Waals surface area contributed by atoms with Gasteiger partial charge in [-0.15, -0.1) is 0 Å². The third-order valence-electron chi connectivity index (χ3n) is 4.12. The lowest BCUT2D eigenvalue weighted by Gasteiger charge is -2.30. The summed E-state index contributed by atoms with van der Waals surface area (Å²) in [5.74, 6) is -1.60. The number of nitrogens with one attached hydrogen (secondary N) is 1. The lowest BCUT2D eigenvalue weighted by Crippen LogP contribution is -2.32. The van der Waals surface area contributed by atoms with Gasteiger partial charge in [0.25, 0.3) is 5.91 Å². The molecule has 1 amide bonds. The molecule has 2 rings (SSSR count). The van der Waals surface area contributed by atoms with Crippen molar-refractivity contribution in [1.29, 1.82) is 0 Å². The van der Waals surface area contributed by atoms with E-state index in [2.05, 4.69) is 37.9 Å². The third kappa shape index (κ3) is 5.55. The average Bonchev–Trinajstić information content (AvgIpc) is 2.60. The Hall–Kier alpha value is -2.89. The van der Waals surface area contributed by atoms with Crippen LogP contribution in [0.15, 0.2) is 42.5 Å². The zero-order chi connectivity index (χ0) is 20.8. The number of hydrogen-bond donors (Lipinski definition) is 2. The van der Waals surface area contributed by atoms with Crippen molar-refractivity contribution in [2.24, 2.45) is 11.8 Å². The lowest BCUT2D eigenvalue weighted by atomic mass is 10.1. The molecule has 0 saturated heterocycles. The summed E-state index contributed by atoms with van der Waals surface area (Å²) < 4.78 is 14.0. The van der Waals surface area contributed by atoms with E-state index in [-0.39, 0.29) is 11.1 Å². The summed E-state index contributed by atoms with van der Waals surface area (Å²) in [6.07, 6.45) is 0. The Bertz CT molecular complexity index is 839. The van der Waals surface area contributed by atoms with Crippen LogP contribution in [0, 0.1) is 17.7 Å². The number of amides is 1. The van der Waals surface area contributed by atoms with Gasteiger partial charge in [0.15, 0.2) is 0 Å². The number of nitrogens with zero attached hydrogens (tertiary/aromatic N) is 1. The van der Waals surface area contributed by atoms with E-state index in [1.165, 1.54) is 30.3 Å². The van der Waals surface area contributed by atoms with Crippen LogP contribution in [0.5, 0.6) is 0 Å². The monoisotopic (exact) mass is 386 g/mol. The molecule has 28 heavy (non-hydrogen) atoms. The molecule has 0 unspecified atom stereocenters.